The molecule has 0 amide bonds. The van der Waals surface area contributed by atoms with E-state index in [2.05, 4.69) is 10.3 Å². The highest BCUT2D eigenvalue weighted by Gasteiger charge is 2.26. The highest BCUT2D eigenvalue weighted by molar-refractivity contribution is 5.67. The van der Waals surface area contributed by atoms with Gasteiger partial charge < -0.3 is 14.6 Å². The van der Waals surface area contributed by atoms with Gasteiger partial charge in [-0.2, -0.15) is 0 Å². The van der Waals surface area contributed by atoms with Crippen LogP contribution in [-0.2, 0) is 7.05 Å². The number of aromatic nitrogens is 2. The molecule has 1 atom stereocenters. The van der Waals surface area contributed by atoms with Crippen LogP contribution in [0.15, 0.2) is 54.9 Å². The first-order valence-corrected chi connectivity index (χ1v) is 8.22. The van der Waals surface area contributed by atoms with Crippen LogP contribution in [0.4, 0.5) is 17.1 Å². The van der Waals surface area contributed by atoms with Crippen LogP contribution in [0.5, 0.6) is 5.75 Å². The maximum atomic E-state index is 11.5. The first kappa shape index (κ1) is 18.8. The Bertz CT molecular complexity index is 1030. The third kappa shape index (κ3) is 3.61. The van der Waals surface area contributed by atoms with Gasteiger partial charge in [0.25, 0.3) is 11.4 Å². The van der Waals surface area contributed by atoms with Gasteiger partial charge in [-0.05, 0) is 12.1 Å². The second-order valence-electron chi connectivity index (χ2n) is 5.93. The van der Waals surface area contributed by atoms with Crippen LogP contribution in [0.1, 0.15) is 17.4 Å². The zero-order valence-corrected chi connectivity index (χ0v) is 15.1. The van der Waals surface area contributed by atoms with Crippen molar-refractivity contribution in [1.29, 1.82) is 0 Å². The summed E-state index contributed by atoms with van der Waals surface area (Å²) in [7, 11) is 3.33. The molecule has 28 heavy (non-hydrogen) atoms. The van der Waals surface area contributed by atoms with Crippen LogP contribution < -0.4 is 10.1 Å². The van der Waals surface area contributed by atoms with Crippen molar-refractivity contribution < 1.29 is 14.6 Å². The van der Waals surface area contributed by atoms with Crippen LogP contribution >= 0.6 is 0 Å². The molecule has 2 aromatic carbocycles. The van der Waals surface area contributed by atoms with Gasteiger partial charge in [0.05, 0.1) is 23.0 Å². The highest BCUT2D eigenvalue weighted by atomic mass is 16.6. The van der Waals surface area contributed by atoms with E-state index in [0.29, 0.717) is 17.1 Å². The SMILES string of the molecule is COc1ccccc1C(Nc1ccc([N+](=O)[O-])cc1[N+](=O)[O-])c1nccn1C. The molecular weight excluding hydrogens is 366 g/mol. The molecule has 0 radical (unpaired) electrons. The molecule has 10 nitrogen and oxygen atoms in total. The average molecular weight is 383 g/mol. The number of rotatable bonds is 7. The van der Waals surface area contributed by atoms with E-state index >= 15 is 0 Å². The molecule has 0 saturated carbocycles. The summed E-state index contributed by atoms with van der Waals surface area (Å²) in [5.41, 5.74) is 0.0906. The van der Waals surface area contributed by atoms with Crippen molar-refractivity contribution in [2.45, 2.75) is 6.04 Å². The smallest absolute Gasteiger partial charge is 0.299 e. The molecule has 0 bridgehead atoms. The van der Waals surface area contributed by atoms with Gasteiger partial charge in [-0.3, -0.25) is 20.2 Å². The Morgan fingerprint density at radius 2 is 1.89 bits per heavy atom. The fourth-order valence-corrected chi connectivity index (χ4v) is 2.90. The summed E-state index contributed by atoms with van der Waals surface area (Å²) in [6.45, 7) is 0. The van der Waals surface area contributed by atoms with E-state index in [9.17, 15) is 20.2 Å². The number of hydrogen-bond acceptors (Lipinski definition) is 7. The number of anilines is 1. The molecule has 0 aliphatic heterocycles. The lowest BCUT2D eigenvalue weighted by Gasteiger charge is -2.22. The number of ether oxygens (including phenoxy) is 1. The van der Waals surface area contributed by atoms with Crippen molar-refractivity contribution in [3.63, 3.8) is 0 Å². The molecule has 1 heterocycles. The summed E-state index contributed by atoms with van der Waals surface area (Å²) in [4.78, 5) is 25.5. The van der Waals surface area contributed by atoms with Crippen LogP contribution in [0.25, 0.3) is 0 Å². The summed E-state index contributed by atoms with van der Waals surface area (Å²) in [6.07, 6.45) is 3.37. The summed E-state index contributed by atoms with van der Waals surface area (Å²) in [5.74, 6) is 1.17. The number of benzene rings is 2. The predicted molar refractivity (Wildman–Crippen MR) is 101 cm³/mol. The number of methoxy groups -OCH3 is 1. The molecule has 0 aliphatic rings. The Labute approximate surface area is 159 Å². The Balaban J connectivity index is 2.12. The molecule has 10 heteroatoms. The second-order valence-corrected chi connectivity index (χ2v) is 5.93. The average Bonchev–Trinajstić information content (AvgIpc) is 3.11. The molecule has 1 unspecified atom stereocenters. The fraction of sp³-hybridized carbons (Fsp3) is 0.167. The van der Waals surface area contributed by atoms with Gasteiger partial charge in [0.1, 0.15) is 23.3 Å². The van der Waals surface area contributed by atoms with Crippen molar-refractivity contribution in [3.8, 4) is 5.75 Å². The number of nitro benzene ring substituents is 2. The number of para-hydroxylation sites is 1. The van der Waals surface area contributed by atoms with E-state index in [1.165, 1.54) is 19.2 Å². The standard InChI is InChI=1S/C18H17N5O5/c1-21-10-9-19-18(21)17(13-5-3-4-6-16(13)28-2)20-14-8-7-12(22(24)25)11-15(14)23(26)27/h3-11,17,20H,1-2H3. The van der Waals surface area contributed by atoms with Crippen molar-refractivity contribution >= 4 is 17.1 Å². The normalized spacial score (nSPS) is 11.6. The third-order valence-electron chi connectivity index (χ3n) is 4.26. The lowest BCUT2D eigenvalue weighted by Crippen LogP contribution is -2.18. The number of nitro groups is 2. The van der Waals surface area contributed by atoms with Gasteiger partial charge in [0, 0.05) is 31.1 Å². The molecule has 1 N–H and O–H groups in total. The summed E-state index contributed by atoms with van der Waals surface area (Å²) < 4.78 is 7.21. The molecule has 0 saturated heterocycles. The van der Waals surface area contributed by atoms with E-state index < -0.39 is 21.6 Å². The van der Waals surface area contributed by atoms with E-state index in [1.54, 1.807) is 30.1 Å². The minimum atomic E-state index is -0.673. The van der Waals surface area contributed by atoms with E-state index in [1.807, 2.05) is 18.2 Å². The molecule has 1 aromatic heterocycles. The van der Waals surface area contributed by atoms with Crippen LogP contribution in [0.3, 0.4) is 0 Å². The fourth-order valence-electron chi connectivity index (χ4n) is 2.90. The molecule has 0 spiro atoms. The maximum absolute atomic E-state index is 11.5. The lowest BCUT2D eigenvalue weighted by atomic mass is 10.0. The Hall–Kier alpha value is -3.95. The van der Waals surface area contributed by atoms with Gasteiger partial charge in [-0.1, -0.05) is 18.2 Å². The summed E-state index contributed by atoms with van der Waals surface area (Å²) in [5, 5.41) is 25.6. The molecule has 0 fully saturated rings. The van der Waals surface area contributed by atoms with Gasteiger partial charge in [-0.25, -0.2) is 4.98 Å². The van der Waals surface area contributed by atoms with Crippen molar-refractivity contribution in [1.82, 2.24) is 9.55 Å². The summed E-state index contributed by atoms with van der Waals surface area (Å²) in [6, 6.07) is 10.1. The second kappa shape index (κ2) is 7.74. The van der Waals surface area contributed by atoms with Crippen LogP contribution in [-0.4, -0.2) is 26.5 Å². The maximum Gasteiger partial charge on any atom is 0.299 e. The largest absolute Gasteiger partial charge is 0.496 e. The zero-order valence-electron chi connectivity index (χ0n) is 15.1. The minimum Gasteiger partial charge on any atom is -0.496 e. The molecular formula is C18H17N5O5. The first-order chi connectivity index (χ1) is 13.4. The first-order valence-electron chi connectivity index (χ1n) is 8.22. The Kier molecular flexibility index (Phi) is 5.21. The molecule has 0 aliphatic carbocycles. The molecule has 3 rings (SSSR count). The van der Waals surface area contributed by atoms with Gasteiger partial charge in [0.2, 0.25) is 0 Å². The van der Waals surface area contributed by atoms with Gasteiger partial charge in [0.15, 0.2) is 0 Å². The van der Waals surface area contributed by atoms with Crippen LogP contribution in [0, 0.1) is 20.2 Å². The van der Waals surface area contributed by atoms with Crippen molar-refractivity contribution in [2.75, 3.05) is 12.4 Å². The van der Waals surface area contributed by atoms with Crippen LogP contribution in [0.2, 0.25) is 0 Å². The van der Waals surface area contributed by atoms with Crippen molar-refractivity contribution in [3.05, 3.63) is 86.5 Å². The van der Waals surface area contributed by atoms with E-state index in [0.717, 1.165) is 6.07 Å². The Morgan fingerprint density at radius 1 is 1.14 bits per heavy atom. The quantitative estimate of drug-likeness (QED) is 0.489. The topological polar surface area (TPSA) is 125 Å². The number of imidazole rings is 1. The predicted octanol–water partition coefficient (Wildman–Crippen LogP) is 3.45. The number of non-ortho nitro benzene ring substituents is 1. The third-order valence-corrected chi connectivity index (χ3v) is 4.26. The monoisotopic (exact) mass is 383 g/mol. The number of aryl methyl sites for hydroxylation is 1. The number of nitrogens with zero attached hydrogens (tertiary/aromatic N) is 4. The number of hydrogen-bond donors (Lipinski definition) is 1. The highest BCUT2D eigenvalue weighted by Crippen LogP contribution is 2.36. The van der Waals surface area contributed by atoms with E-state index in [-0.39, 0.29) is 11.4 Å². The van der Waals surface area contributed by atoms with E-state index in [4.69, 9.17) is 4.74 Å². The molecule has 144 valence electrons. The minimum absolute atomic E-state index is 0.134. The van der Waals surface area contributed by atoms with Gasteiger partial charge >= 0.3 is 0 Å². The zero-order chi connectivity index (χ0) is 20.3. The lowest BCUT2D eigenvalue weighted by molar-refractivity contribution is -0.393. The number of nitrogens with one attached hydrogen (secondary N) is 1. The summed E-state index contributed by atoms with van der Waals surface area (Å²) >= 11 is 0. The van der Waals surface area contributed by atoms with Crippen molar-refractivity contribution in [2.24, 2.45) is 7.05 Å². The Morgan fingerprint density at radius 3 is 2.50 bits per heavy atom. The molecule has 3 aromatic rings. The van der Waals surface area contributed by atoms with Gasteiger partial charge in [-0.15, -0.1) is 0 Å².